The summed E-state index contributed by atoms with van der Waals surface area (Å²) < 4.78 is 0. The van der Waals surface area contributed by atoms with Gasteiger partial charge in [-0.25, -0.2) is 0 Å². The van der Waals surface area contributed by atoms with Crippen LogP contribution in [-0.2, 0) is 35.8 Å². The molecule has 0 N–H and O–H groups in total. The molecular formula is C28H36Cl2HfSi-2. The molecule has 0 fully saturated rings. The van der Waals surface area contributed by atoms with Crippen LogP contribution in [0, 0.1) is 0 Å². The van der Waals surface area contributed by atoms with Crippen molar-refractivity contribution < 1.29 is 47.8 Å². The van der Waals surface area contributed by atoms with Crippen molar-refractivity contribution in [1.82, 2.24) is 0 Å². The second kappa shape index (κ2) is 17.8. The first-order valence-electron chi connectivity index (χ1n) is 11.3. The van der Waals surface area contributed by atoms with Gasteiger partial charge in [-0.2, -0.15) is 12.1 Å². The molecule has 4 heteroatoms. The van der Waals surface area contributed by atoms with E-state index in [9.17, 15) is 0 Å². The molecule has 0 saturated heterocycles. The molecule has 0 amide bonds. The zero-order valence-corrected chi connectivity index (χ0v) is 26.0. The van der Waals surface area contributed by atoms with E-state index in [1.807, 2.05) is 0 Å². The van der Waals surface area contributed by atoms with E-state index in [1.165, 1.54) is 94.2 Å². The Hall–Kier alpha value is -0.673. The minimum Gasteiger partial charge on any atom is -1.00 e. The van der Waals surface area contributed by atoms with Crippen LogP contribution < -0.4 is 24.8 Å². The predicted octanol–water partition coefficient (Wildman–Crippen LogP) is 2.59. The SMILES string of the molecule is CCCCc1cc2ccccc2[cH-]1.CCCCc1cc2ccccc2[cH-]1.C[Si](C)=[Hf+2].[Cl-].[Cl-]. The van der Waals surface area contributed by atoms with Crippen LogP contribution in [0.2, 0.25) is 13.1 Å². The van der Waals surface area contributed by atoms with Crippen LogP contribution in [0.3, 0.4) is 0 Å². The summed E-state index contributed by atoms with van der Waals surface area (Å²) in [5.74, 6) is 0. The average molecular weight is 650 g/mol. The molecule has 0 aliphatic rings. The maximum Gasteiger partial charge on any atom is -1.00 e. The van der Waals surface area contributed by atoms with E-state index < -0.39 is 0 Å². The molecule has 0 aliphatic carbocycles. The number of aryl methyl sites for hydroxylation is 2. The van der Waals surface area contributed by atoms with Crippen molar-refractivity contribution in [2.24, 2.45) is 0 Å². The molecule has 0 aromatic heterocycles. The number of unbranched alkanes of at least 4 members (excludes halogenated alkanes) is 2. The quantitative estimate of drug-likeness (QED) is 0.223. The van der Waals surface area contributed by atoms with E-state index in [-0.39, 0.29) is 30.3 Å². The van der Waals surface area contributed by atoms with Crippen LogP contribution in [-0.4, -0.2) is 5.49 Å². The molecule has 0 aliphatic heterocycles. The second-order valence-electron chi connectivity index (χ2n) is 8.19. The predicted molar refractivity (Wildman–Crippen MR) is 134 cm³/mol. The Kier molecular flexibility index (Phi) is 17.4. The smallest absolute Gasteiger partial charge is 1.00 e. The van der Waals surface area contributed by atoms with E-state index in [4.69, 9.17) is 0 Å². The molecule has 0 bridgehead atoms. The molecule has 0 unspecified atom stereocenters. The standard InChI is InChI=1S/2C13H15.C2H6Si.2ClH.Hf/c2*1-2-3-6-11-9-12-7-4-5-8-13(12)10-11;1-3-2;;;/h2*4-5,7-10H,2-3,6H2,1H3;1-2H3;2*1H;/q2*-1;;;;+2/p-2. The van der Waals surface area contributed by atoms with Crippen molar-refractivity contribution in [3.8, 4) is 0 Å². The van der Waals surface area contributed by atoms with Gasteiger partial charge in [0.15, 0.2) is 0 Å². The van der Waals surface area contributed by atoms with Crippen LogP contribution in [0.5, 0.6) is 0 Å². The number of hydrogen-bond donors (Lipinski definition) is 0. The van der Waals surface area contributed by atoms with Crippen molar-refractivity contribution in [2.45, 2.75) is 65.5 Å². The van der Waals surface area contributed by atoms with Gasteiger partial charge in [0.25, 0.3) is 0 Å². The minimum atomic E-state index is 0. The summed E-state index contributed by atoms with van der Waals surface area (Å²) in [6.45, 7) is 9.14. The average Bonchev–Trinajstić information content (AvgIpc) is 3.33. The maximum absolute atomic E-state index is 2.33. The van der Waals surface area contributed by atoms with E-state index in [0.717, 1.165) is 0 Å². The summed E-state index contributed by atoms with van der Waals surface area (Å²) in [4.78, 5) is 0. The zero-order chi connectivity index (χ0) is 21.8. The van der Waals surface area contributed by atoms with E-state index in [1.54, 1.807) is 0 Å². The summed E-state index contributed by atoms with van der Waals surface area (Å²) in [5.41, 5.74) is 3.24. The van der Waals surface area contributed by atoms with E-state index in [2.05, 4.69) is 99.7 Å². The van der Waals surface area contributed by atoms with Crippen molar-refractivity contribution in [2.75, 3.05) is 0 Å². The fraction of sp³-hybridized carbons (Fsp3) is 0.357. The molecule has 0 nitrogen and oxygen atoms in total. The molecule has 0 saturated carbocycles. The molecule has 0 atom stereocenters. The van der Waals surface area contributed by atoms with E-state index >= 15 is 0 Å². The van der Waals surface area contributed by atoms with E-state index in [0.29, 0.717) is 0 Å². The van der Waals surface area contributed by atoms with Crippen LogP contribution in [0.15, 0.2) is 72.8 Å². The molecule has 4 aromatic rings. The van der Waals surface area contributed by atoms with Crippen LogP contribution >= 0.6 is 0 Å². The molecule has 32 heavy (non-hydrogen) atoms. The van der Waals surface area contributed by atoms with Crippen LogP contribution in [0.25, 0.3) is 21.5 Å². The molecule has 0 spiro atoms. The molecule has 4 rings (SSSR count). The number of fused-ring (bicyclic) bond motifs is 2. The summed E-state index contributed by atoms with van der Waals surface area (Å²) in [7, 11) is 0. The number of rotatable bonds is 6. The van der Waals surface area contributed by atoms with Gasteiger partial charge in [0.1, 0.15) is 0 Å². The number of hydrogen-bond acceptors (Lipinski definition) is 0. The van der Waals surface area contributed by atoms with Gasteiger partial charge in [-0.1, -0.05) is 51.7 Å². The maximum atomic E-state index is 2.33. The molecule has 4 aromatic carbocycles. The first-order valence-corrected chi connectivity index (χ1v) is 19.2. The van der Waals surface area contributed by atoms with Crippen molar-refractivity contribution in [1.29, 1.82) is 0 Å². The van der Waals surface area contributed by atoms with Crippen LogP contribution in [0.1, 0.15) is 50.7 Å². The minimum absolute atomic E-state index is 0. The summed E-state index contributed by atoms with van der Waals surface area (Å²) in [6.07, 6.45) is 7.62. The molecule has 0 heterocycles. The van der Waals surface area contributed by atoms with Crippen molar-refractivity contribution in [3.05, 3.63) is 83.9 Å². The summed E-state index contributed by atoms with van der Waals surface area (Å²) >= 11 is 1.45. The molecule has 172 valence electrons. The normalized spacial score (nSPS) is 9.69. The Morgan fingerprint density at radius 1 is 0.688 bits per heavy atom. The Labute approximate surface area is 222 Å². The number of benzene rings is 2. The number of halogens is 2. The molecule has 0 radical (unpaired) electrons. The summed E-state index contributed by atoms with van der Waals surface area (Å²) in [6, 6.07) is 26.4. The third-order valence-corrected chi connectivity index (χ3v) is 4.99. The molecular weight excluding hydrogens is 614 g/mol. The van der Waals surface area contributed by atoms with Gasteiger partial charge in [0.05, 0.1) is 0 Å². The van der Waals surface area contributed by atoms with Crippen LogP contribution in [0.4, 0.5) is 0 Å². The fourth-order valence-corrected chi connectivity index (χ4v) is 3.48. The topological polar surface area (TPSA) is 0 Å². The third-order valence-electron chi connectivity index (χ3n) is 4.99. The van der Waals surface area contributed by atoms with Gasteiger partial charge in [-0.15, -0.1) is 81.2 Å². The van der Waals surface area contributed by atoms with Gasteiger partial charge in [-0.3, -0.25) is 0 Å². The largest absolute Gasteiger partial charge is 1.00 e. The van der Waals surface area contributed by atoms with Crippen molar-refractivity contribution in [3.63, 3.8) is 0 Å². The second-order valence-corrected chi connectivity index (χ2v) is 21.0. The van der Waals surface area contributed by atoms with Gasteiger partial charge < -0.3 is 24.8 Å². The zero-order valence-electron chi connectivity index (χ0n) is 19.9. The first-order chi connectivity index (χ1) is 14.5. The fourth-order valence-electron chi connectivity index (χ4n) is 3.48. The Balaban J connectivity index is 0.000000490. The van der Waals surface area contributed by atoms with Gasteiger partial charge in [-0.05, 0) is 12.8 Å². The van der Waals surface area contributed by atoms with Gasteiger partial charge in [0, 0.05) is 0 Å². The van der Waals surface area contributed by atoms with Crippen molar-refractivity contribution >= 4 is 27.0 Å². The Morgan fingerprint density at radius 3 is 1.34 bits per heavy atom. The Morgan fingerprint density at radius 2 is 1.03 bits per heavy atom. The Bertz CT molecular complexity index is 884. The third kappa shape index (κ3) is 11.5. The van der Waals surface area contributed by atoms with Gasteiger partial charge >= 0.3 is 41.6 Å². The monoisotopic (exact) mass is 650 g/mol. The summed E-state index contributed by atoms with van der Waals surface area (Å²) in [5, 5.41) is 5.53. The van der Waals surface area contributed by atoms with Gasteiger partial charge in [0.2, 0.25) is 0 Å². The first kappa shape index (κ1) is 31.3.